The summed E-state index contributed by atoms with van der Waals surface area (Å²) in [5.41, 5.74) is 2.38. The standard InChI is InChI=1S/C21H26N4O2/c1-23-13-15-25(16-14-23)21(27)19-5-3-18(4-6-19)20(26)24(2)12-9-17-7-10-22-11-8-17/h3-8,10-11H,9,12-16H2,1-2H3. The first-order chi connectivity index (χ1) is 13.0. The normalized spacial score (nSPS) is 14.8. The van der Waals surface area contributed by atoms with Crippen molar-refractivity contribution < 1.29 is 9.59 Å². The molecule has 1 aromatic carbocycles. The Morgan fingerprint density at radius 3 is 2.19 bits per heavy atom. The maximum Gasteiger partial charge on any atom is 0.253 e. The van der Waals surface area contributed by atoms with E-state index in [1.165, 1.54) is 0 Å². The van der Waals surface area contributed by atoms with Gasteiger partial charge in [-0.1, -0.05) is 0 Å². The molecule has 0 spiro atoms. The van der Waals surface area contributed by atoms with E-state index in [-0.39, 0.29) is 11.8 Å². The summed E-state index contributed by atoms with van der Waals surface area (Å²) in [6.45, 7) is 3.90. The summed E-state index contributed by atoms with van der Waals surface area (Å²) in [4.78, 5) is 35.0. The molecule has 27 heavy (non-hydrogen) atoms. The molecule has 2 amide bonds. The van der Waals surface area contributed by atoms with Gasteiger partial charge in [-0.3, -0.25) is 14.6 Å². The van der Waals surface area contributed by atoms with E-state index >= 15 is 0 Å². The van der Waals surface area contributed by atoms with E-state index in [1.807, 2.05) is 17.0 Å². The highest BCUT2D eigenvalue weighted by Crippen LogP contribution is 2.12. The van der Waals surface area contributed by atoms with Crippen molar-refractivity contribution in [2.75, 3.05) is 46.8 Å². The van der Waals surface area contributed by atoms with Crippen molar-refractivity contribution in [3.8, 4) is 0 Å². The lowest BCUT2D eigenvalue weighted by molar-refractivity contribution is 0.0663. The molecule has 1 saturated heterocycles. The molecular formula is C21H26N4O2. The van der Waals surface area contributed by atoms with Gasteiger partial charge < -0.3 is 14.7 Å². The minimum atomic E-state index is -0.0392. The molecule has 0 aliphatic carbocycles. The lowest BCUT2D eigenvalue weighted by atomic mass is 10.1. The van der Waals surface area contributed by atoms with Crippen LogP contribution in [0.15, 0.2) is 48.8 Å². The number of likely N-dealkylation sites (N-methyl/N-ethyl adjacent to an activating group) is 2. The number of amides is 2. The van der Waals surface area contributed by atoms with Crippen molar-refractivity contribution in [3.05, 3.63) is 65.5 Å². The molecule has 0 unspecified atom stereocenters. The Bertz CT molecular complexity index is 769. The summed E-state index contributed by atoms with van der Waals surface area (Å²) in [6.07, 6.45) is 4.30. The Morgan fingerprint density at radius 1 is 0.963 bits per heavy atom. The SMILES string of the molecule is CN1CCN(C(=O)c2ccc(C(=O)N(C)CCc3ccncc3)cc2)CC1. The van der Waals surface area contributed by atoms with E-state index in [2.05, 4.69) is 16.9 Å². The van der Waals surface area contributed by atoms with Crippen LogP contribution in [0.4, 0.5) is 0 Å². The lowest BCUT2D eigenvalue weighted by Crippen LogP contribution is -2.47. The van der Waals surface area contributed by atoms with Crippen molar-refractivity contribution in [3.63, 3.8) is 0 Å². The molecule has 0 bridgehead atoms. The molecule has 6 heteroatoms. The first-order valence-electron chi connectivity index (χ1n) is 9.27. The molecule has 1 fully saturated rings. The fourth-order valence-corrected chi connectivity index (χ4v) is 3.12. The maximum absolute atomic E-state index is 12.6. The van der Waals surface area contributed by atoms with Crippen LogP contribution in [-0.2, 0) is 6.42 Å². The van der Waals surface area contributed by atoms with Crippen LogP contribution in [0.25, 0.3) is 0 Å². The van der Waals surface area contributed by atoms with Gasteiger partial charge in [-0.05, 0) is 55.4 Å². The monoisotopic (exact) mass is 366 g/mol. The van der Waals surface area contributed by atoms with Gasteiger partial charge in [-0.2, -0.15) is 0 Å². The summed E-state index contributed by atoms with van der Waals surface area (Å²) >= 11 is 0. The van der Waals surface area contributed by atoms with Gasteiger partial charge in [0.15, 0.2) is 0 Å². The quantitative estimate of drug-likeness (QED) is 0.810. The molecule has 2 heterocycles. The highest BCUT2D eigenvalue weighted by Gasteiger charge is 2.20. The van der Waals surface area contributed by atoms with Gasteiger partial charge in [0.05, 0.1) is 0 Å². The van der Waals surface area contributed by atoms with E-state index in [0.717, 1.165) is 38.2 Å². The smallest absolute Gasteiger partial charge is 0.253 e. The van der Waals surface area contributed by atoms with Crippen molar-refractivity contribution in [2.45, 2.75) is 6.42 Å². The number of carbonyl (C=O) groups is 2. The number of nitrogens with zero attached hydrogens (tertiary/aromatic N) is 4. The lowest BCUT2D eigenvalue weighted by Gasteiger charge is -2.32. The van der Waals surface area contributed by atoms with Gasteiger partial charge in [0.1, 0.15) is 0 Å². The predicted octanol–water partition coefficient (Wildman–Crippen LogP) is 1.78. The second kappa shape index (κ2) is 8.77. The number of benzene rings is 1. The Balaban J connectivity index is 1.57. The molecule has 0 atom stereocenters. The summed E-state index contributed by atoms with van der Waals surface area (Å²) in [6, 6.07) is 10.9. The van der Waals surface area contributed by atoms with Gasteiger partial charge >= 0.3 is 0 Å². The Morgan fingerprint density at radius 2 is 1.56 bits per heavy atom. The van der Waals surface area contributed by atoms with E-state index in [4.69, 9.17) is 0 Å². The first kappa shape index (κ1) is 19.0. The van der Waals surface area contributed by atoms with E-state index in [1.54, 1.807) is 48.6 Å². The summed E-state index contributed by atoms with van der Waals surface area (Å²) < 4.78 is 0. The average molecular weight is 366 g/mol. The molecule has 1 aliphatic rings. The molecule has 2 aromatic rings. The maximum atomic E-state index is 12.6. The van der Waals surface area contributed by atoms with Gasteiger partial charge in [-0.15, -0.1) is 0 Å². The van der Waals surface area contributed by atoms with Gasteiger partial charge in [0.2, 0.25) is 0 Å². The molecule has 1 aliphatic heterocycles. The zero-order valence-electron chi connectivity index (χ0n) is 16.0. The van der Waals surface area contributed by atoms with Gasteiger partial charge in [-0.25, -0.2) is 0 Å². The third kappa shape index (κ3) is 4.92. The molecule has 0 N–H and O–H groups in total. The van der Waals surface area contributed by atoms with Crippen LogP contribution in [-0.4, -0.2) is 78.3 Å². The number of carbonyl (C=O) groups excluding carboxylic acids is 2. The van der Waals surface area contributed by atoms with E-state index < -0.39 is 0 Å². The van der Waals surface area contributed by atoms with Crippen LogP contribution < -0.4 is 0 Å². The Hall–Kier alpha value is -2.73. The fourth-order valence-electron chi connectivity index (χ4n) is 3.12. The molecular weight excluding hydrogens is 340 g/mol. The topological polar surface area (TPSA) is 56.8 Å². The van der Waals surface area contributed by atoms with Crippen LogP contribution in [0.5, 0.6) is 0 Å². The largest absolute Gasteiger partial charge is 0.341 e. The number of pyridine rings is 1. The number of hydrogen-bond donors (Lipinski definition) is 0. The fraction of sp³-hybridized carbons (Fsp3) is 0.381. The number of aromatic nitrogens is 1. The van der Waals surface area contributed by atoms with Crippen LogP contribution in [0.3, 0.4) is 0 Å². The summed E-state index contributed by atoms with van der Waals surface area (Å²) in [5, 5.41) is 0. The third-order valence-electron chi connectivity index (χ3n) is 5.00. The van der Waals surface area contributed by atoms with Gasteiger partial charge in [0, 0.05) is 63.3 Å². The van der Waals surface area contributed by atoms with Gasteiger partial charge in [0.25, 0.3) is 11.8 Å². The molecule has 142 valence electrons. The molecule has 6 nitrogen and oxygen atoms in total. The third-order valence-corrected chi connectivity index (χ3v) is 5.00. The van der Waals surface area contributed by atoms with Crippen molar-refractivity contribution in [2.24, 2.45) is 0 Å². The van der Waals surface area contributed by atoms with E-state index in [0.29, 0.717) is 17.7 Å². The van der Waals surface area contributed by atoms with Crippen LogP contribution in [0, 0.1) is 0 Å². The Kier molecular flexibility index (Phi) is 6.19. The number of rotatable bonds is 5. The molecule has 1 aromatic heterocycles. The average Bonchev–Trinajstić information content (AvgIpc) is 2.72. The zero-order chi connectivity index (χ0) is 19.2. The number of hydrogen-bond acceptors (Lipinski definition) is 4. The molecule has 0 radical (unpaired) electrons. The van der Waals surface area contributed by atoms with Crippen molar-refractivity contribution in [1.29, 1.82) is 0 Å². The Labute approximate surface area is 160 Å². The predicted molar refractivity (Wildman–Crippen MR) is 105 cm³/mol. The van der Waals surface area contributed by atoms with E-state index in [9.17, 15) is 9.59 Å². The highest BCUT2D eigenvalue weighted by atomic mass is 16.2. The van der Waals surface area contributed by atoms with Crippen molar-refractivity contribution in [1.82, 2.24) is 19.7 Å². The molecule has 0 saturated carbocycles. The summed E-state index contributed by atoms with van der Waals surface area (Å²) in [7, 11) is 3.86. The zero-order valence-corrected chi connectivity index (χ0v) is 16.0. The highest BCUT2D eigenvalue weighted by molar-refractivity contribution is 5.97. The molecule has 3 rings (SSSR count). The van der Waals surface area contributed by atoms with Crippen LogP contribution in [0.1, 0.15) is 26.3 Å². The summed E-state index contributed by atoms with van der Waals surface area (Å²) in [5.74, 6) is -0.00390. The number of piperazine rings is 1. The van der Waals surface area contributed by atoms with Crippen LogP contribution in [0.2, 0.25) is 0 Å². The van der Waals surface area contributed by atoms with Crippen LogP contribution >= 0.6 is 0 Å². The second-order valence-electron chi connectivity index (χ2n) is 7.00. The first-order valence-corrected chi connectivity index (χ1v) is 9.27. The van der Waals surface area contributed by atoms with Crippen molar-refractivity contribution >= 4 is 11.8 Å². The minimum absolute atomic E-state index is 0.0353. The second-order valence-corrected chi connectivity index (χ2v) is 7.00. The minimum Gasteiger partial charge on any atom is -0.341 e.